The van der Waals surface area contributed by atoms with Crippen LogP contribution >= 0.6 is 0 Å². The van der Waals surface area contributed by atoms with Crippen molar-refractivity contribution >= 4 is 25.7 Å². The highest BCUT2D eigenvalue weighted by atomic mass is 32.2. The number of aryl methyl sites for hydroxylation is 2. The van der Waals surface area contributed by atoms with E-state index in [-0.39, 0.29) is 15.8 Å². The first kappa shape index (κ1) is 17.9. The van der Waals surface area contributed by atoms with Crippen LogP contribution in [-0.4, -0.2) is 22.9 Å². The summed E-state index contributed by atoms with van der Waals surface area (Å²) in [7, 11) is -7.60. The summed E-state index contributed by atoms with van der Waals surface area (Å²) < 4.78 is 55.0. The molecule has 0 radical (unpaired) electrons. The standard InChI is InChI=1S/C17H20N2O4S2/c1-12-6-7-13(2)17(10-12)19-25(22,23)16-5-3-4-15(11-16)24(20,21)18-14-8-9-14/h3-7,10-11,14,18-19H,8-9H2,1-2H3. The molecule has 0 heterocycles. The van der Waals surface area contributed by atoms with E-state index < -0.39 is 20.0 Å². The van der Waals surface area contributed by atoms with Crippen molar-refractivity contribution in [2.75, 3.05) is 4.72 Å². The third-order valence-electron chi connectivity index (χ3n) is 3.96. The largest absolute Gasteiger partial charge is 0.279 e. The molecule has 2 aromatic carbocycles. The highest BCUT2D eigenvalue weighted by Gasteiger charge is 2.28. The molecule has 3 rings (SSSR count). The third kappa shape index (κ3) is 4.20. The molecule has 0 bridgehead atoms. The lowest BCUT2D eigenvalue weighted by Crippen LogP contribution is -2.26. The maximum atomic E-state index is 12.7. The van der Waals surface area contributed by atoms with Crippen LogP contribution in [0.5, 0.6) is 0 Å². The van der Waals surface area contributed by atoms with Crippen LogP contribution in [0.25, 0.3) is 0 Å². The molecule has 1 aliphatic rings. The van der Waals surface area contributed by atoms with Crippen molar-refractivity contribution in [3.05, 3.63) is 53.6 Å². The third-order valence-corrected chi connectivity index (χ3v) is 6.84. The minimum atomic E-state index is -3.89. The van der Waals surface area contributed by atoms with Gasteiger partial charge in [0.2, 0.25) is 10.0 Å². The molecule has 0 amide bonds. The van der Waals surface area contributed by atoms with Crippen molar-refractivity contribution in [2.24, 2.45) is 0 Å². The lowest BCUT2D eigenvalue weighted by molar-refractivity contribution is 0.580. The summed E-state index contributed by atoms with van der Waals surface area (Å²) >= 11 is 0. The number of benzene rings is 2. The van der Waals surface area contributed by atoms with E-state index in [9.17, 15) is 16.8 Å². The quantitative estimate of drug-likeness (QED) is 0.805. The smallest absolute Gasteiger partial charge is 0.261 e. The fourth-order valence-corrected chi connectivity index (χ4v) is 4.94. The molecule has 2 N–H and O–H groups in total. The van der Waals surface area contributed by atoms with Crippen LogP contribution in [0.15, 0.2) is 52.3 Å². The number of anilines is 1. The highest BCUT2D eigenvalue weighted by molar-refractivity contribution is 7.93. The number of sulfonamides is 2. The monoisotopic (exact) mass is 380 g/mol. The second-order valence-electron chi connectivity index (χ2n) is 6.29. The maximum Gasteiger partial charge on any atom is 0.261 e. The SMILES string of the molecule is Cc1ccc(C)c(NS(=O)(=O)c2cccc(S(=O)(=O)NC3CC3)c2)c1. The van der Waals surface area contributed by atoms with Gasteiger partial charge in [0.05, 0.1) is 15.5 Å². The fraction of sp³-hybridized carbons (Fsp3) is 0.294. The summed E-state index contributed by atoms with van der Waals surface area (Å²) in [6.07, 6.45) is 1.62. The van der Waals surface area contributed by atoms with Crippen LogP contribution in [-0.2, 0) is 20.0 Å². The Balaban J connectivity index is 1.92. The fourth-order valence-electron chi connectivity index (χ4n) is 2.35. The second-order valence-corrected chi connectivity index (χ2v) is 9.69. The lowest BCUT2D eigenvalue weighted by Gasteiger charge is -2.12. The van der Waals surface area contributed by atoms with Crippen molar-refractivity contribution in [2.45, 2.75) is 42.5 Å². The van der Waals surface area contributed by atoms with Gasteiger partial charge in [-0.1, -0.05) is 18.2 Å². The predicted octanol–water partition coefficient (Wildman–Crippen LogP) is 2.54. The maximum absolute atomic E-state index is 12.7. The number of rotatable bonds is 6. The van der Waals surface area contributed by atoms with Crippen LogP contribution in [0.2, 0.25) is 0 Å². The van der Waals surface area contributed by atoms with E-state index in [1.807, 2.05) is 19.1 Å². The summed E-state index contributed by atoms with van der Waals surface area (Å²) in [6.45, 7) is 3.67. The Morgan fingerprint density at radius 2 is 1.52 bits per heavy atom. The van der Waals surface area contributed by atoms with E-state index >= 15 is 0 Å². The van der Waals surface area contributed by atoms with E-state index in [0.717, 1.165) is 24.0 Å². The number of hydrogen-bond acceptors (Lipinski definition) is 4. The molecule has 1 saturated carbocycles. The predicted molar refractivity (Wildman–Crippen MR) is 96.5 cm³/mol. The molecule has 134 valence electrons. The zero-order chi connectivity index (χ0) is 18.2. The average Bonchev–Trinajstić information content (AvgIpc) is 3.34. The molecule has 0 saturated heterocycles. The van der Waals surface area contributed by atoms with Crippen molar-refractivity contribution in [1.29, 1.82) is 0 Å². The van der Waals surface area contributed by atoms with Crippen LogP contribution in [0.4, 0.5) is 5.69 Å². The van der Waals surface area contributed by atoms with E-state index in [4.69, 9.17) is 0 Å². The number of nitrogens with one attached hydrogen (secondary N) is 2. The first-order valence-electron chi connectivity index (χ1n) is 7.90. The Labute approximate surface area is 148 Å². The molecule has 6 nitrogen and oxygen atoms in total. The molecular weight excluding hydrogens is 360 g/mol. The van der Waals surface area contributed by atoms with Gasteiger partial charge in [0.15, 0.2) is 0 Å². The van der Waals surface area contributed by atoms with Gasteiger partial charge in [0.25, 0.3) is 10.0 Å². The Bertz CT molecular complexity index is 1010. The molecular formula is C17H20N2O4S2. The minimum absolute atomic E-state index is 0.0432. The van der Waals surface area contributed by atoms with Crippen molar-refractivity contribution < 1.29 is 16.8 Å². The van der Waals surface area contributed by atoms with Crippen molar-refractivity contribution in [1.82, 2.24) is 4.72 Å². The van der Waals surface area contributed by atoms with E-state index in [2.05, 4.69) is 9.44 Å². The van der Waals surface area contributed by atoms with Gasteiger partial charge in [0.1, 0.15) is 0 Å². The number of hydrogen-bond donors (Lipinski definition) is 2. The van der Waals surface area contributed by atoms with Crippen molar-refractivity contribution in [3.63, 3.8) is 0 Å². The zero-order valence-electron chi connectivity index (χ0n) is 14.0. The summed E-state index contributed by atoms with van der Waals surface area (Å²) in [6, 6.07) is 10.8. The van der Waals surface area contributed by atoms with Gasteiger partial charge in [-0.25, -0.2) is 21.6 Å². The first-order chi connectivity index (χ1) is 11.7. The van der Waals surface area contributed by atoms with Gasteiger partial charge in [-0.05, 0) is 62.1 Å². The van der Waals surface area contributed by atoms with Gasteiger partial charge in [-0.15, -0.1) is 0 Å². The van der Waals surface area contributed by atoms with Gasteiger partial charge in [-0.2, -0.15) is 0 Å². The summed E-state index contributed by atoms with van der Waals surface area (Å²) in [4.78, 5) is -0.143. The van der Waals surface area contributed by atoms with Gasteiger partial charge in [0, 0.05) is 6.04 Å². The average molecular weight is 380 g/mol. The van der Waals surface area contributed by atoms with Crippen LogP contribution < -0.4 is 9.44 Å². The first-order valence-corrected chi connectivity index (χ1v) is 10.9. The minimum Gasteiger partial charge on any atom is -0.279 e. The molecule has 0 aliphatic heterocycles. The van der Waals surface area contributed by atoms with Crippen LogP contribution in [0.1, 0.15) is 24.0 Å². The lowest BCUT2D eigenvalue weighted by atomic mass is 10.1. The van der Waals surface area contributed by atoms with Crippen LogP contribution in [0, 0.1) is 13.8 Å². The van der Waals surface area contributed by atoms with Gasteiger partial charge < -0.3 is 0 Å². The Kier molecular flexibility index (Phi) is 4.61. The molecule has 1 aliphatic carbocycles. The Morgan fingerprint density at radius 1 is 0.880 bits per heavy atom. The van der Waals surface area contributed by atoms with E-state index in [1.54, 1.807) is 13.0 Å². The van der Waals surface area contributed by atoms with Crippen LogP contribution in [0.3, 0.4) is 0 Å². The van der Waals surface area contributed by atoms with E-state index in [1.165, 1.54) is 24.3 Å². The van der Waals surface area contributed by atoms with Gasteiger partial charge in [-0.3, -0.25) is 4.72 Å². The second kappa shape index (κ2) is 6.44. The molecule has 0 spiro atoms. The summed E-state index contributed by atoms with van der Waals surface area (Å²) in [5.74, 6) is 0. The summed E-state index contributed by atoms with van der Waals surface area (Å²) in [5.41, 5.74) is 2.19. The molecule has 1 fully saturated rings. The normalized spacial score (nSPS) is 15.1. The van der Waals surface area contributed by atoms with Crippen molar-refractivity contribution in [3.8, 4) is 0 Å². The molecule has 2 aromatic rings. The molecule has 0 aromatic heterocycles. The Hall–Kier alpha value is -1.90. The molecule has 8 heteroatoms. The zero-order valence-corrected chi connectivity index (χ0v) is 15.6. The molecule has 25 heavy (non-hydrogen) atoms. The molecule has 0 atom stereocenters. The van der Waals surface area contributed by atoms with E-state index in [0.29, 0.717) is 5.69 Å². The topological polar surface area (TPSA) is 92.3 Å². The van der Waals surface area contributed by atoms with Gasteiger partial charge >= 0.3 is 0 Å². The summed E-state index contributed by atoms with van der Waals surface area (Å²) in [5, 5.41) is 0. The highest BCUT2D eigenvalue weighted by Crippen LogP contribution is 2.25. The Morgan fingerprint density at radius 3 is 2.16 bits per heavy atom. The molecule has 0 unspecified atom stereocenters.